The van der Waals surface area contributed by atoms with Crippen molar-refractivity contribution in [3.8, 4) is 0 Å². The van der Waals surface area contributed by atoms with Gasteiger partial charge in [-0.3, -0.25) is 9.59 Å². The first-order valence-corrected chi connectivity index (χ1v) is 21.1. The van der Waals surface area contributed by atoms with Gasteiger partial charge in [0.15, 0.2) is 0 Å². The maximum atomic E-state index is 10.6. The molecule has 0 heterocycles. The van der Waals surface area contributed by atoms with E-state index in [0.717, 1.165) is 77.3 Å². The van der Waals surface area contributed by atoms with Gasteiger partial charge in [0.25, 0.3) is 0 Å². The van der Waals surface area contributed by atoms with Crippen molar-refractivity contribution in [1.29, 1.82) is 0 Å². The van der Waals surface area contributed by atoms with Gasteiger partial charge < -0.3 is 60.8 Å². The van der Waals surface area contributed by atoms with E-state index >= 15 is 0 Å². The molecule has 0 bridgehead atoms. The zero-order chi connectivity index (χ0) is 43.7. The number of hydrogen-bond acceptors (Lipinski definition) is 14. The first-order chi connectivity index (χ1) is 26.1. The summed E-state index contributed by atoms with van der Waals surface area (Å²) in [6.07, 6.45) is 9.65. The Bertz CT molecular complexity index is 672. The van der Waals surface area contributed by atoms with Crippen LogP contribution in [0, 0.1) is 0 Å². The summed E-state index contributed by atoms with van der Waals surface area (Å²) in [6.45, 7) is 23.8. The third kappa shape index (κ3) is 96.4. The smallest absolute Gasteiger partial charge is 0.305 e. The van der Waals surface area contributed by atoms with Crippen LogP contribution in [0.15, 0.2) is 0 Å². The minimum Gasteiger partial charge on any atom is -0.463 e. The van der Waals surface area contributed by atoms with Crippen molar-refractivity contribution < 1.29 is 54.4 Å². The molecule has 0 aromatic rings. The zero-order valence-electron chi connectivity index (χ0n) is 37.5. The number of carbonyl (C=O) groups is 2. The molecule has 6 atom stereocenters. The van der Waals surface area contributed by atoms with E-state index < -0.39 is 12.2 Å². The number of rotatable bonds is 27. The molecule has 0 amide bonds. The van der Waals surface area contributed by atoms with Crippen LogP contribution in [0.2, 0.25) is 0 Å². The van der Waals surface area contributed by atoms with Gasteiger partial charge >= 0.3 is 11.9 Å². The van der Waals surface area contributed by atoms with Crippen LogP contribution < -0.4 is 16.0 Å². The molecule has 0 aromatic carbocycles. The highest BCUT2D eigenvalue weighted by atomic mass is 16.5. The van der Waals surface area contributed by atoms with Crippen LogP contribution in [0.4, 0.5) is 0 Å². The third-order valence-corrected chi connectivity index (χ3v) is 6.96. The summed E-state index contributed by atoms with van der Waals surface area (Å²) in [5.74, 6) is -0.588. The lowest BCUT2D eigenvalue weighted by Gasteiger charge is -2.08. The summed E-state index contributed by atoms with van der Waals surface area (Å²) in [5.41, 5.74) is 0. The zero-order valence-corrected chi connectivity index (χ0v) is 37.5. The number of esters is 2. The lowest BCUT2D eigenvalue weighted by molar-refractivity contribution is -0.146. The van der Waals surface area contributed by atoms with E-state index in [-0.39, 0.29) is 86.7 Å². The Hall–Kier alpha value is -1.46. The Labute approximate surface area is 374 Å². The van der Waals surface area contributed by atoms with Gasteiger partial charge in [0.1, 0.15) is 13.2 Å². The number of aliphatic hydroxyl groups is 6. The molecule has 378 valence electrons. The monoisotopic (exact) mass is 884 g/mol. The standard InChI is InChI=1S/C8H16O3.C7H17NO.C7H14O3.C7H16O2.2C6H15NO.5CH4/c1-3-5-7(9)6-11-8(10)4-2;1-3-5-7(9)6-8-4-2;1-3-4-7(9)5-10-6(2)8;1-3-5-7(8)6-9-4-2;2*1-3-4-6(8)5-7-2;;;;;/h7,9H,3-6H2,1-2H3;7-9H,3-6H2,1-2H3;7,9H,3-5H2,1-2H3;7-8H,3-6H2,1-2H3;2*6-8H,3-5H2,1-2H3;5*1H4. The van der Waals surface area contributed by atoms with Crippen molar-refractivity contribution in [3.63, 3.8) is 0 Å². The van der Waals surface area contributed by atoms with E-state index in [2.05, 4.69) is 48.4 Å². The molecule has 14 nitrogen and oxygen atoms in total. The highest BCUT2D eigenvalue weighted by Gasteiger charge is 2.06. The molecule has 0 aromatic heterocycles. The molecular formula is C46H113N3O11. The summed E-state index contributed by atoms with van der Waals surface area (Å²) >= 11 is 0. The molecule has 0 fully saturated rings. The van der Waals surface area contributed by atoms with Gasteiger partial charge in [0.2, 0.25) is 0 Å². The number of hydrogen-bond donors (Lipinski definition) is 9. The van der Waals surface area contributed by atoms with Crippen molar-refractivity contribution in [3.05, 3.63) is 0 Å². The van der Waals surface area contributed by atoms with Crippen molar-refractivity contribution in [2.75, 3.05) is 66.7 Å². The number of carbonyl (C=O) groups excluding carboxylic acids is 2. The topological polar surface area (TPSA) is 219 Å². The van der Waals surface area contributed by atoms with E-state index in [1.165, 1.54) is 6.92 Å². The van der Waals surface area contributed by atoms with E-state index in [4.69, 9.17) is 40.1 Å². The van der Waals surface area contributed by atoms with Gasteiger partial charge in [-0.2, -0.15) is 0 Å². The predicted molar refractivity (Wildman–Crippen MR) is 260 cm³/mol. The Morgan fingerprint density at radius 1 is 0.467 bits per heavy atom. The molecule has 0 radical (unpaired) electrons. The second-order valence-electron chi connectivity index (χ2n) is 13.1. The molecule has 0 rings (SSSR count). The van der Waals surface area contributed by atoms with Gasteiger partial charge in [-0.25, -0.2) is 0 Å². The fourth-order valence-electron chi connectivity index (χ4n) is 4.10. The minimum absolute atomic E-state index is 0. The van der Waals surface area contributed by atoms with E-state index in [0.29, 0.717) is 45.6 Å². The fourth-order valence-corrected chi connectivity index (χ4v) is 4.10. The lowest BCUT2D eigenvalue weighted by atomic mass is 10.2. The van der Waals surface area contributed by atoms with Crippen LogP contribution in [0.5, 0.6) is 0 Å². The molecule has 0 saturated carbocycles. The second-order valence-corrected chi connectivity index (χ2v) is 13.1. The van der Waals surface area contributed by atoms with Crippen LogP contribution in [0.1, 0.15) is 190 Å². The third-order valence-electron chi connectivity index (χ3n) is 6.96. The van der Waals surface area contributed by atoms with E-state index in [1.807, 2.05) is 41.8 Å². The summed E-state index contributed by atoms with van der Waals surface area (Å²) in [7, 11) is 3.69. The van der Waals surface area contributed by atoms with E-state index in [9.17, 15) is 9.59 Å². The predicted octanol–water partition coefficient (Wildman–Crippen LogP) is 7.67. The molecular weight excluding hydrogens is 771 g/mol. The summed E-state index contributed by atoms with van der Waals surface area (Å²) < 4.78 is 14.3. The average molecular weight is 884 g/mol. The lowest BCUT2D eigenvalue weighted by Crippen LogP contribution is -2.26. The van der Waals surface area contributed by atoms with Gasteiger partial charge in [-0.05, 0) is 66.1 Å². The Balaban J connectivity index is -0.0000000526. The molecule has 0 saturated heterocycles. The van der Waals surface area contributed by atoms with Crippen molar-refractivity contribution in [2.24, 2.45) is 0 Å². The summed E-state index contributed by atoms with van der Waals surface area (Å²) in [5, 5.41) is 63.2. The molecule has 0 aliphatic carbocycles. The van der Waals surface area contributed by atoms with E-state index in [1.54, 1.807) is 6.92 Å². The number of likely N-dealkylation sites (N-methyl/N-ethyl adjacent to an activating group) is 3. The molecule has 0 aliphatic heterocycles. The van der Waals surface area contributed by atoms with Gasteiger partial charge in [-0.1, -0.05) is 131 Å². The van der Waals surface area contributed by atoms with Gasteiger partial charge in [-0.15, -0.1) is 0 Å². The first-order valence-electron chi connectivity index (χ1n) is 21.1. The number of nitrogens with one attached hydrogen (secondary N) is 3. The molecule has 60 heavy (non-hydrogen) atoms. The molecule has 14 heteroatoms. The molecule has 0 aliphatic rings. The Morgan fingerprint density at radius 3 is 1.03 bits per heavy atom. The van der Waals surface area contributed by atoms with Crippen molar-refractivity contribution >= 4 is 11.9 Å². The maximum Gasteiger partial charge on any atom is 0.305 e. The summed E-state index contributed by atoms with van der Waals surface area (Å²) in [4.78, 5) is 20.8. The summed E-state index contributed by atoms with van der Waals surface area (Å²) in [6, 6.07) is 0. The quantitative estimate of drug-likeness (QED) is 0.0362. The molecule has 9 N–H and O–H groups in total. The van der Waals surface area contributed by atoms with Crippen LogP contribution in [-0.4, -0.2) is 146 Å². The Morgan fingerprint density at radius 2 is 0.767 bits per heavy atom. The number of ether oxygens (including phenoxy) is 3. The highest BCUT2D eigenvalue weighted by Crippen LogP contribution is 1.99. The number of aliphatic hydroxyl groups excluding tert-OH is 6. The maximum absolute atomic E-state index is 10.6. The largest absolute Gasteiger partial charge is 0.463 e. The average Bonchev–Trinajstić information content (AvgIpc) is 3.13. The minimum atomic E-state index is -0.492. The van der Waals surface area contributed by atoms with Crippen molar-refractivity contribution in [2.45, 2.75) is 226 Å². The second kappa shape index (κ2) is 74.9. The van der Waals surface area contributed by atoms with Crippen LogP contribution in [0.3, 0.4) is 0 Å². The highest BCUT2D eigenvalue weighted by molar-refractivity contribution is 5.68. The van der Waals surface area contributed by atoms with Crippen LogP contribution >= 0.6 is 0 Å². The van der Waals surface area contributed by atoms with Crippen LogP contribution in [-0.2, 0) is 23.8 Å². The van der Waals surface area contributed by atoms with Gasteiger partial charge in [0, 0.05) is 39.6 Å². The van der Waals surface area contributed by atoms with Gasteiger partial charge in [0.05, 0.1) is 43.2 Å². The van der Waals surface area contributed by atoms with Crippen molar-refractivity contribution in [1.82, 2.24) is 16.0 Å². The first kappa shape index (κ1) is 85.8. The normalized spacial score (nSPS) is 12.2. The fraction of sp³-hybridized carbons (Fsp3) is 0.957. The Kier molecular flexibility index (Phi) is 107. The molecule has 6 unspecified atom stereocenters. The van der Waals surface area contributed by atoms with Crippen LogP contribution in [0.25, 0.3) is 0 Å². The molecule has 0 spiro atoms. The SMILES string of the molecule is C.C.C.C.C.CCCC(O)CNC.CCCC(O)CNC.CCCC(O)CNCC.CCCC(O)COC(=O)CC.CCCC(O)COC(C)=O.CCCC(O)COCC.